The first kappa shape index (κ1) is 13.0. The van der Waals surface area contributed by atoms with Gasteiger partial charge in [0.05, 0.1) is 12.5 Å². The Bertz CT molecular complexity index is 251. The van der Waals surface area contributed by atoms with Crippen molar-refractivity contribution in [3.05, 3.63) is 0 Å². The van der Waals surface area contributed by atoms with E-state index in [1.807, 2.05) is 11.8 Å². The van der Waals surface area contributed by atoms with Gasteiger partial charge in [0.1, 0.15) is 0 Å². The Hall–Kier alpha value is -1.04. The molecule has 0 atom stereocenters. The van der Waals surface area contributed by atoms with Crippen molar-refractivity contribution >= 4 is 5.91 Å². The summed E-state index contributed by atoms with van der Waals surface area (Å²) in [6.07, 6.45) is 7.45. The zero-order valence-electron chi connectivity index (χ0n) is 10.2. The van der Waals surface area contributed by atoms with E-state index in [2.05, 4.69) is 6.07 Å². The summed E-state index contributed by atoms with van der Waals surface area (Å²) in [5, 5.41) is 8.53. The van der Waals surface area contributed by atoms with Crippen LogP contribution < -0.4 is 0 Å². The van der Waals surface area contributed by atoms with E-state index >= 15 is 0 Å². The van der Waals surface area contributed by atoms with Gasteiger partial charge in [-0.1, -0.05) is 19.3 Å². The number of hydrogen-bond acceptors (Lipinski definition) is 2. The SMILES string of the molecule is CCN(CCC#N)C(=O)CC1CCCCC1. The molecular weight excluding hydrogens is 200 g/mol. The number of amides is 1. The molecule has 0 aromatic carbocycles. The number of rotatable bonds is 5. The largest absolute Gasteiger partial charge is 0.342 e. The van der Waals surface area contributed by atoms with Crippen LogP contribution in [0.15, 0.2) is 0 Å². The molecule has 90 valence electrons. The molecule has 0 bridgehead atoms. The first-order chi connectivity index (χ1) is 7.77. The second-order valence-corrected chi connectivity index (χ2v) is 4.59. The molecule has 0 saturated heterocycles. The van der Waals surface area contributed by atoms with Crippen molar-refractivity contribution in [1.82, 2.24) is 4.90 Å². The van der Waals surface area contributed by atoms with Gasteiger partial charge in [-0.25, -0.2) is 0 Å². The molecule has 3 heteroatoms. The van der Waals surface area contributed by atoms with Gasteiger partial charge in [-0.2, -0.15) is 5.26 Å². The van der Waals surface area contributed by atoms with E-state index in [1.54, 1.807) is 0 Å². The van der Waals surface area contributed by atoms with Crippen LogP contribution in [0.3, 0.4) is 0 Å². The maximum atomic E-state index is 12.0. The number of carbonyl (C=O) groups is 1. The lowest BCUT2D eigenvalue weighted by molar-refractivity contribution is -0.132. The second kappa shape index (κ2) is 7.27. The van der Waals surface area contributed by atoms with Crippen molar-refractivity contribution in [2.24, 2.45) is 5.92 Å². The van der Waals surface area contributed by atoms with E-state index in [1.165, 1.54) is 32.1 Å². The normalized spacial score (nSPS) is 16.8. The quantitative estimate of drug-likeness (QED) is 0.718. The fraction of sp³-hybridized carbons (Fsp3) is 0.846. The fourth-order valence-corrected chi connectivity index (χ4v) is 2.41. The van der Waals surface area contributed by atoms with Crippen molar-refractivity contribution < 1.29 is 4.79 Å². The lowest BCUT2D eigenvalue weighted by atomic mass is 9.86. The van der Waals surface area contributed by atoms with E-state index in [0.717, 1.165) is 6.54 Å². The van der Waals surface area contributed by atoms with Crippen LogP contribution in [0.2, 0.25) is 0 Å². The van der Waals surface area contributed by atoms with Gasteiger partial charge in [-0.15, -0.1) is 0 Å². The second-order valence-electron chi connectivity index (χ2n) is 4.59. The van der Waals surface area contributed by atoms with Gasteiger partial charge in [0, 0.05) is 19.5 Å². The third-order valence-electron chi connectivity index (χ3n) is 3.42. The molecule has 1 rings (SSSR count). The Morgan fingerprint density at radius 2 is 2.06 bits per heavy atom. The Morgan fingerprint density at radius 1 is 1.38 bits per heavy atom. The van der Waals surface area contributed by atoms with E-state index in [9.17, 15) is 4.79 Å². The van der Waals surface area contributed by atoms with Crippen LogP contribution in [0.25, 0.3) is 0 Å². The summed E-state index contributed by atoms with van der Waals surface area (Å²) in [5.41, 5.74) is 0. The number of hydrogen-bond donors (Lipinski definition) is 0. The Morgan fingerprint density at radius 3 is 2.62 bits per heavy atom. The average molecular weight is 222 g/mol. The van der Waals surface area contributed by atoms with Crippen molar-refractivity contribution in [1.29, 1.82) is 5.26 Å². The fourth-order valence-electron chi connectivity index (χ4n) is 2.41. The van der Waals surface area contributed by atoms with Crippen LogP contribution in [-0.2, 0) is 4.79 Å². The summed E-state index contributed by atoms with van der Waals surface area (Å²) in [4.78, 5) is 13.8. The van der Waals surface area contributed by atoms with E-state index < -0.39 is 0 Å². The van der Waals surface area contributed by atoms with Crippen LogP contribution >= 0.6 is 0 Å². The van der Waals surface area contributed by atoms with E-state index in [0.29, 0.717) is 25.3 Å². The van der Waals surface area contributed by atoms with Crippen LogP contribution in [0.1, 0.15) is 51.9 Å². The number of nitriles is 1. The average Bonchev–Trinajstić information content (AvgIpc) is 2.31. The van der Waals surface area contributed by atoms with E-state index in [-0.39, 0.29) is 5.91 Å². The highest BCUT2D eigenvalue weighted by Crippen LogP contribution is 2.26. The highest BCUT2D eigenvalue weighted by molar-refractivity contribution is 5.76. The molecule has 16 heavy (non-hydrogen) atoms. The molecule has 0 N–H and O–H groups in total. The molecule has 0 aromatic heterocycles. The molecule has 0 aromatic rings. The molecule has 0 spiro atoms. The molecule has 1 fully saturated rings. The van der Waals surface area contributed by atoms with Gasteiger partial charge >= 0.3 is 0 Å². The molecule has 1 saturated carbocycles. The third-order valence-corrected chi connectivity index (χ3v) is 3.42. The van der Waals surface area contributed by atoms with Crippen molar-refractivity contribution in [3.63, 3.8) is 0 Å². The minimum absolute atomic E-state index is 0.240. The van der Waals surface area contributed by atoms with Crippen LogP contribution in [0.4, 0.5) is 0 Å². The van der Waals surface area contributed by atoms with Gasteiger partial charge < -0.3 is 4.90 Å². The van der Waals surface area contributed by atoms with Crippen molar-refractivity contribution in [3.8, 4) is 6.07 Å². The first-order valence-electron chi connectivity index (χ1n) is 6.42. The monoisotopic (exact) mass is 222 g/mol. The van der Waals surface area contributed by atoms with E-state index in [4.69, 9.17) is 5.26 Å². The maximum Gasteiger partial charge on any atom is 0.222 e. The summed E-state index contributed by atoms with van der Waals surface area (Å²) < 4.78 is 0. The van der Waals surface area contributed by atoms with Crippen molar-refractivity contribution in [2.75, 3.05) is 13.1 Å². The van der Waals surface area contributed by atoms with Gasteiger partial charge in [-0.05, 0) is 25.7 Å². The molecular formula is C13H22N2O. The standard InChI is InChI=1S/C13H22N2O/c1-2-15(10-6-9-14)13(16)11-12-7-4-3-5-8-12/h12H,2-8,10-11H2,1H3. The summed E-state index contributed by atoms with van der Waals surface area (Å²) >= 11 is 0. The lowest BCUT2D eigenvalue weighted by Gasteiger charge is -2.25. The molecule has 1 aliphatic carbocycles. The number of nitrogens with zero attached hydrogens (tertiary/aromatic N) is 2. The molecule has 3 nitrogen and oxygen atoms in total. The zero-order chi connectivity index (χ0) is 11.8. The summed E-state index contributed by atoms with van der Waals surface area (Å²) in [6.45, 7) is 3.31. The molecule has 0 radical (unpaired) electrons. The Balaban J connectivity index is 2.33. The minimum Gasteiger partial charge on any atom is -0.342 e. The number of carbonyl (C=O) groups excluding carboxylic acids is 1. The van der Waals surface area contributed by atoms with Crippen LogP contribution in [-0.4, -0.2) is 23.9 Å². The van der Waals surface area contributed by atoms with Gasteiger partial charge in [-0.3, -0.25) is 4.79 Å². The van der Waals surface area contributed by atoms with Gasteiger partial charge in [0.2, 0.25) is 5.91 Å². The van der Waals surface area contributed by atoms with Gasteiger partial charge in [0.25, 0.3) is 0 Å². The summed E-state index contributed by atoms with van der Waals surface area (Å²) in [7, 11) is 0. The smallest absolute Gasteiger partial charge is 0.222 e. The predicted molar refractivity (Wildman–Crippen MR) is 63.7 cm³/mol. The molecule has 1 aliphatic rings. The Labute approximate surface area is 98.4 Å². The zero-order valence-corrected chi connectivity index (χ0v) is 10.2. The van der Waals surface area contributed by atoms with Crippen molar-refractivity contribution in [2.45, 2.75) is 51.9 Å². The first-order valence-corrected chi connectivity index (χ1v) is 6.42. The van der Waals surface area contributed by atoms with Crippen LogP contribution in [0, 0.1) is 17.2 Å². The Kier molecular flexibility index (Phi) is 5.92. The third kappa shape index (κ3) is 4.22. The van der Waals surface area contributed by atoms with Crippen LogP contribution in [0.5, 0.6) is 0 Å². The molecule has 0 heterocycles. The summed E-state index contributed by atoms with van der Waals surface area (Å²) in [6, 6.07) is 2.10. The molecule has 1 amide bonds. The maximum absolute atomic E-state index is 12.0. The highest BCUT2D eigenvalue weighted by Gasteiger charge is 2.19. The summed E-state index contributed by atoms with van der Waals surface area (Å²) in [5.74, 6) is 0.835. The van der Waals surface area contributed by atoms with Gasteiger partial charge in [0.15, 0.2) is 0 Å². The predicted octanol–water partition coefficient (Wildman–Crippen LogP) is 2.72. The molecule has 0 aliphatic heterocycles. The topological polar surface area (TPSA) is 44.1 Å². The molecule has 0 unspecified atom stereocenters. The highest BCUT2D eigenvalue weighted by atomic mass is 16.2. The lowest BCUT2D eigenvalue weighted by Crippen LogP contribution is -2.33. The minimum atomic E-state index is 0.240.